The second-order valence-electron chi connectivity index (χ2n) is 2.44. The van der Waals surface area contributed by atoms with Gasteiger partial charge in [-0.2, -0.15) is 5.26 Å². The number of alkyl halides is 2. The van der Waals surface area contributed by atoms with E-state index >= 15 is 0 Å². The molecule has 0 saturated carbocycles. The van der Waals surface area contributed by atoms with Crippen LogP contribution in [-0.2, 0) is 0 Å². The lowest BCUT2D eigenvalue weighted by atomic mass is 10.1. The number of nitrogens with zero attached hydrogens (tertiary/aromatic N) is 2. The van der Waals surface area contributed by atoms with Crippen molar-refractivity contribution in [1.29, 1.82) is 5.26 Å². The number of halogens is 4. The molecule has 0 saturated heterocycles. The van der Waals surface area contributed by atoms with Crippen LogP contribution in [0.3, 0.4) is 0 Å². The van der Waals surface area contributed by atoms with E-state index in [-0.39, 0.29) is 15.7 Å². The van der Waals surface area contributed by atoms with Gasteiger partial charge in [-0.15, -0.1) is 0 Å². The molecule has 1 aromatic rings. The van der Waals surface area contributed by atoms with Crippen LogP contribution in [0.5, 0.6) is 0 Å². The van der Waals surface area contributed by atoms with Gasteiger partial charge >= 0.3 is 0 Å². The summed E-state index contributed by atoms with van der Waals surface area (Å²) in [7, 11) is 0. The molecule has 0 spiro atoms. The first-order chi connectivity index (χ1) is 6.99. The summed E-state index contributed by atoms with van der Waals surface area (Å²) in [5.74, 6) is 0. The highest BCUT2D eigenvalue weighted by molar-refractivity contribution is 9.10. The summed E-state index contributed by atoms with van der Waals surface area (Å²) in [5.41, 5.74) is -1.12. The van der Waals surface area contributed by atoms with Crippen LogP contribution in [-0.4, -0.2) is 10.2 Å². The summed E-state index contributed by atoms with van der Waals surface area (Å²) < 4.78 is 24.7. The molecule has 1 rings (SSSR count). The number of rotatable bonds is 2. The van der Waals surface area contributed by atoms with Crippen LogP contribution < -0.4 is 0 Å². The lowest BCUT2D eigenvalue weighted by Crippen LogP contribution is -2.02. The van der Waals surface area contributed by atoms with E-state index in [4.69, 9.17) is 16.9 Å². The molecule has 0 radical (unpaired) electrons. The van der Waals surface area contributed by atoms with E-state index in [1.165, 1.54) is 0 Å². The van der Waals surface area contributed by atoms with E-state index in [2.05, 4.69) is 20.9 Å². The molecule has 0 aliphatic heterocycles. The Bertz CT molecular complexity index is 459. The van der Waals surface area contributed by atoms with Gasteiger partial charge in [-0.05, 0) is 27.5 Å². The van der Waals surface area contributed by atoms with Crippen LogP contribution >= 0.6 is 27.5 Å². The smallest absolute Gasteiger partial charge is 0.272 e. The van der Waals surface area contributed by atoms with Gasteiger partial charge in [0.2, 0.25) is 0 Å². The SMILES string of the molecule is N#Cc1c(C(F)F)cnc(C(=O)Cl)c1Br. The van der Waals surface area contributed by atoms with Gasteiger partial charge in [-0.25, -0.2) is 13.8 Å². The second kappa shape index (κ2) is 4.64. The van der Waals surface area contributed by atoms with E-state index < -0.39 is 17.2 Å². The van der Waals surface area contributed by atoms with Crippen molar-refractivity contribution in [2.75, 3.05) is 0 Å². The Balaban J connectivity index is 3.48. The minimum atomic E-state index is -2.83. The van der Waals surface area contributed by atoms with E-state index in [0.29, 0.717) is 0 Å². The highest BCUT2D eigenvalue weighted by Crippen LogP contribution is 2.29. The van der Waals surface area contributed by atoms with Crippen LogP contribution in [0.1, 0.15) is 28.0 Å². The van der Waals surface area contributed by atoms with E-state index in [1.54, 1.807) is 6.07 Å². The fourth-order valence-corrected chi connectivity index (χ4v) is 1.77. The van der Waals surface area contributed by atoms with Gasteiger partial charge in [0.1, 0.15) is 11.8 Å². The minimum absolute atomic E-state index is 0.109. The number of carbonyl (C=O) groups is 1. The third kappa shape index (κ3) is 2.30. The molecule has 0 fully saturated rings. The fourth-order valence-electron chi connectivity index (χ4n) is 0.917. The summed E-state index contributed by atoms with van der Waals surface area (Å²) in [4.78, 5) is 14.2. The van der Waals surface area contributed by atoms with Crippen molar-refractivity contribution in [2.24, 2.45) is 0 Å². The van der Waals surface area contributed by atoms with Crippen LogP contribution in [0.2, 0.25) is 0 Å². The molecule has 0 bridgehead atoms. The minimum Gasteiger partial charge on any atom is -0.274 e. The molecule has 0 aliphatic rings. The lowest BCUT2D eigenvalue weighted by molar-refractivity contribution is 0.107. The molecule has 0 aliphatic carbocycles. The maximum absolute atomic E-state index is 12.4. The molecule has 7 heteroatoms. The van der Waals surface area contributed by atoms with E-state index in [9.17, 15) is 13.6 Å². The summed E-state index contributed by atoms with van der Waals surface area (Å²) in [5, 5.41) is 7.74. The van der Waals surface area contributed by atoms with Crippen molar-refractivity contribution in [3.8, 4) is 6.07 Å². The van der Waals surface area contributed by atoms with Crippen LogP contribution in [0.4, 0.5) is 8.78 Å². The van der Waals surface area contributed by atoms with Crippen molar-refractivity contribution in [2.45, 2.75) is 6.43 Å². The summed E-state index contributed by atoms with van der Waals surface area (Å²) >= 11 is 7.98. The van der Waals surface area contributed by atoms with Crippen LogP contribution in [0.15, 0.2) is 10.7 Å². The number of hydrogen-bond donors (Lipinski definition) is 0. The number of nitriles is 1. The molecule has 15 heavy (non-hydrogen) atoms. The van der Waals surface area contributed by atoms with E-state index in [0.717, 1.165) is 6.20 Å². The lowest BCUT2D eigenvalue weighted by Gasteiger charge is -2.05. The molecule has 3 nitrogen and oxygen atoms in total. The molecule has 0 atom stereocenters. The van der Waals surface area contributed by atoms with Gasteiger partial charge in [0.05, 0.1) is 15.6 Å². The van der Waals surface area contributed by atoms with Gasteiger partial charge in [0, 0.05) is 6.20 Å². The standard InChI is InChI=1S/C8H2BrClF2N2O/c9-5-3(1-13)4(8(11)12)2-14-6(5)7(10)15/h2,8H. The molecular formula is C8H2BrClF2N2O. The fraction of sp³-hybridized carbons (Fsp3) is 0.125. The molecule has 0 amide bonds. The summed E-state index contributed by atoms with van der Waals surface area (Å²) in [6.07, 6.45) is -2.06. The highest BCUT2D eigenvalue weighted by atomic mass is 79.9. The zero-order valence-corrected chi connectivity index (χ0v) is 9.31. The normalized spacial score (nSPS) is 10.1. The van der Waals surface area contributed by atoms with Gasteiger partial charge in [0.15, 0.2) is 0 Å². The molecule has 0 aromatic carbocycles. The van der Waals surface area contributed by atoms with Gasteiger partial charge in [0.25, 0.3) is 11.7 Å². The highest BCUT2D eigenvalue weighted by Gasteiger charge is 2.21. The monoisotopic (exact) mass is 294 g/mol. The predicted molar refractivity (Wildman–Crippen MR) is 51.8 cm³/mol. The zero-order valence-electron chi connectivity index (χ0n) is 6.97. The third-order valence-corrected chi connectivity index (χ3v) is 2.53. The Morgan fingerprint density at radius 3 is 2.67 bits per heavy atom. The first kappa shape index (κ1) is 12.0. The van der Waals surface area contributed by atoms with Gasteiger partial charge < -0.3 is 0 Å². The number of aromatic nitrogens is 1. The van der Waals surface area contributed by atoms with Crippen LogP contribution in [0.25, 0.3) is 0 Å². The Kier molecular flexibility index (Phi) is 3.72. The Hall–Kier alpha value is -1.06. The number of carbonyl (C=O) groups excluding carboxylic acids is 1. The first-order valence-corrected chi connectivity index (χ1v) is 4.72. The topological polar surface area (TPSA) is 53.8 Å². The predicted octanol–water partition coefficient (Wildman–Crippen LogP) is 3.03. The molecule has 0 N–H and O–H groups in total. The van der Waals surface area contributed by atoms with Crippen molar-refractivity contribution < 1.29 is 13.6 Å². The molecule has 78 valence electrons. The molecule has 0 unspecified atom stereocenters. The van der Waals surface area contributed by atoms with E-state index in [1.807, 2.05) is 0 Å². The van der Waals surface area contributed by atoms with Crippen LogP contribution in [0, 0.1) is 11.3 Å². The second-order valence-corrected chi connectivity index (χ2v) is 3.57. The largest absolute Gasteiger partial charge is 0.274 e. The zero-order chi connectivity index (χ0) is 11.6. The number of hydrogen-bond acceptors (Lipinski definition) is 3. The van der Waals surface area contributed by atoms with Gasteiger partial charge in [-0.1, -0.05) is 0 Å². The average molecular weight is 295 g/mol. The average Bonchev–Trinajstić information content (AvgIpc) is 2.16. The summed E-state index contributed by atoms with van der Waals surface area (Å²) in [6, 6.07) is 1.56. The Labute approximate surface area is 96.8 Å². The van der Waals surface area contributed by atoms with Crippen molar-refractivity contribution in [3.63, 3.8) is 0 Å². The molecular weight excluding hydrogens is 293 g/mol. The molecule has 1 heterocycles. The summed E-state index contributed by atoms with van der Waals surface area (Å²) in [6.45, 7) is 0. The Morgan fingerprint density at radius 1 is 1.67 bits per heavy atom. The quantitative estimate of drug-likeness (QED) is 0.788. The van der Waals surface area contributed by atoms with Gasteiger partial charge in [-0.3, -0.25) is 4.79 Å². The maximum atomic E-state index is 12.4. The van der Waals surface area contributed by atoms with Crippen molar-refractivity contribution in [3.05, 3.63) is 27.5 Å². The van der Waals surface area contributed by atoms with Crippen molar-refractivity contribution in [1.82, 2.24) is 4.98 Å². The maximum Gasteiger partial charge on any atom is 0.272 e. The van der Waals surface area contributed by atoms with Crippen molar-refractivity contribution >= 4 is 32.8 Å². The number of pyridine rings is 1. The molecule has 1 aromatic heterocycles. The third-order valence-electron chi connectivity index (χ3n) is 1.58. The first-order valence-electron chi connectivity index (χ1n) is 3.55. The Morgan fingerprint density at radius 2 is 2.27 bits per heavy atom.